The molecule has 0 bridgehead atoms. The van der Waals surface area contributed by atoms with Gasteiger partial charge in [0.15, 0.2) is 0 Å². The minimum Gasteiger partial charge on any atom is -0.467 e. The summed E-state index contributed by atoms with van der Waals surface area (Å²) in [6.45, 7) is 4.80. The normalized spacial score (nSPS) is 29.7. The number of fused-ring (bicyclic) bond motifs is 2. The molecule has 0 aliphatic carbocycles. The van der Waals surface area contributed by atoms with Crippen LogP contribution in [0.1, 0.15) is 32.4 Å². The number of amides is 2. The molecule has 3 atom stereocenters. The predicted octanol–water partition coefficient (Wildman–Crippen LogP) is 2.64. The number of nitrogens with zero attached hydrogens (tertiary/aromatic N) is 3. The zero-order chi connectivity index (χ0) is 19.0. The smallest absolute Gasteiger partial charge is 0.254 e. The van der Waals surface area contributed by atoms with Crippen molar-refractivity contribution in [1.82, 2.24) is 10.3 Å². The van der Waals surface area contributed by atoms with Gasteiger partial charge in [0.1, 0.15) is 17.7 Å². The second-order valence-corrected chi connectivity index (χ2v) is 8.37. The fraction of sp³-hybridized carbons (Fsp3) is 0.556. The molecule has 27 heavy (non-hydrogen) atoms. The maximum absolute atomic E-state index is 13.0. The Kier molecular flexibility index (Phi) is 4.81. The highest BCUT2D eigenvalue weighted by Gasteiger charge is 2.49. The minimum atomic E-state index is -0.352. The van der Waals surface area contributed by atoms with E-state index in [1.165, 1.54) is 5.01 Å². The summed E-state index contributed by atoms with van der Waals surface area (Å²) in [6, 6.07) is 3.53. The summed E-state index contributed by atoms with van der Waals surface area (Å²) in [6.07, 6.45) is 3.14. The maximum atomic E-state index is 13.0. The van der Waals surface area contributed by atoms with Crippen molar-refractivity contribution in [3.8, 4) is 0 Å². The molecule has 0 aromatic carbocycles. The Labute approximate surface area is 161 Å². The van der Waals surface area contributed by atoms with Crippen LogP contribution in [0.4, 0.5) is 0 Å². The van der Waals surface area contributed by atoms with Gasteiger partial charge in [-0.1, -0.05) is 23.9 Å². The fourth-order valence-corrected chi connectivity index (χ4v) is 4.75. The number of thioether (sulfide) groups is 1. The summed E-state index contributed by atoms with van der Waals surface area (Å²) in [4.78, 5) is 26.3. The van der Waals surface area contributed by atoms with Crippen molar-refractivity contribution >= 4 is 23.6 Å². The van der Waals surface area contributed by atoms with Gasteiger partial charge in [-0.15, -0.1) is 0 Å². The lowest BCUT2D eigenvalue weighted by atomic mass is 9.84. The molecular weight excluding hydrogens is 368 g/mol. The Balaban J connectivity index is 1.42. The van der Waals surface area contributed by atoms with Gasteiger partial charge in [0.25, 0.3) is 5.91 Å². The lowest BCUT2D eigenvalue weighted by Crippen LogP contribution is -2.45. The quantitative estimate of drug-likeness (QED) is 0.834. The summed E-state index contributed by atoms with van der Waals surface area (Å²) in [5, 5.41) is 11.9. The number of hydrogen-bond acceptors (Lipinski definition) is 7. The Morgan fingerprint density at radius 1 is 1.52 bits per heavy atom. The number of rotatable bonds is 5. The van der Waals surface area contributed by atoms with Crippen molar-refractivity contribution in [2.45, 2.75) is 44.2 Å². The first kappa shape index (κ1) is 18.2. The number of furan rings is 1. The van der Waals surface area contributed by atoms with E-state index >= 15 is 0 Å². The lowest BCUT2D eigenvalue weighted by molar-refractivity contribution is -0.141. The molecule has 3 aliphatic heterocycles. The van der Waals surface area contributed by atoms with Crippen LogP contribution < -0.4 is 5.32 Å². The monoisotopic (exact) mass is 390 g/mol. The molecule has 1 N–H and O–H groups in total. The van der Waals surface area contributed by atoms with Gasteiger partial charge in [0.2, 0.25) is 5.91 Å². The van der Waals surface area contributed by atoms with Crippen LogP contribution in [0.5, 0.6) is 0 Å². The van der Waals surface area contributed by atoms with Crippen molar-refractivity contribution in [2.24, 2.45) is 16.3 Å². The second kappa shape index (κ2) is 7.12. The molecule has 8 nitrogen and oxygen atoms in total. The standard InChI is InChI=1S/C18H22N4O4S/c1-3-18(2)7-12-13(10-26-18)27-16-15(12)17(24)22(21-20-16)9-14(23)19-8-11-5-4-6-25-11/h4-6,15-16H,3,7-10H2,1-2H3,(H,19,23)/t15-,16-,18+/m0/s1. The van der Waals surface area contributed by atoms with Crippen molar-refractivity contribution in [1.29, 1.82) is 0 Å². The first-order valence-electron chi connectivity index (χ1n) is 9.03. The number of hydrogen-bond donors (Lipinski definition) is 1. The molecule has 1 aromatic rings. The first-order chi connectivity index (χ1) is 13.0. The van der Waals surface area contributed by atoms with Gasteiger partial charge in [-0.3, -0.25) is 9.59 Å². The summed E-state index contributed by atoms with van der Waals surface area (Å²) >= 11 is 1.56. The van der Waals surface area contributed by atoms with Gasteiger partial charge in [-0.05, 0) is 37.5 Å². The minimum absolute atomic E-state index is 0.152. The molecule has 0 saturated carbocycles. The summed E-state index contributed by atoms with van der Waals surface area (Å²) in [5.41, 5.74) is 0.847. The van der Waals surface area contributed by atoms with E-state index in [2.05, 4.69) is 29.5 Å². The van der Waals surface area contributed by atoms with Crippen molar-refractivity contribution in [2.75, 3.05) is 13.2 Å². The molecule has 2 amide bonds. The second-order valence-electron chi connectivity index (χ2n) is 7.16. The van der Waals surface area contributed by atoms with Crippen LogP contribution in [0.3, 0.4) is 0 Å². The Morgan fingerprint density at radius 3 is 3.11 bits per heavy atom. The van der Waals surface area contributed by atoms with Crippen LogP contribution in [0, 0.1) is 5.92 Å². The van der Waals surface area contributed by atoms with Crippen LogP contribution in [-0.4, -0.2) is 40.9 Å². The van der Waals surface area contributed by atoms with E-state index in [4.69, 9.17) is 9.15 Å². The van der Waals surface area contributed by atoms with E-state index in [9.17, 15) is 9.59 Å². The van der Waals surface area contributed by atoms with Gasteiger partial charge in [-0.2, -0.15) is 5.11 Å². The summed E-state index contributed by atoms with van der Waals surface area (Å²) < 4.78 is 11.2. The maximum Gasteiger partial charge on any atom is 0.254 e. The largest absolute Gasteiger partial charge is 0.467 e. The molecule has 144 valence electrons. The molecule has 3 aliphatic rings. The van der Waals surface area contributed by atoms with Crippen LogP contribution >= 0.6 is 11.8 Å². The summed E-state index contributed by atoms with van der Waals surface area (Å²) in [5.74, 6) is -0.170. The van der Waals surface area contributed by atoms with Crippen LogP contribution in [0.15, 0.2) is 43.6 Å². The number of nitrogens with one attached hydrogen (secondary N) is 1. The van der Waals surface area contributed by atoms with Crippen LogP contribution in [0.2, 0.25) is 0 Å². The van der Waals surface area contributed by atoms with E-state index in [1.54, 1.807) is 30.2 Å². The van der Waals surface area contributed by atoms with Crippen LogP contribution in [-0.2, 0) is 20.9 Å². The molecule has 0 saturated heterocycles. The third-order valence-electron chi connectivity index (χ3n) is 5.27. The van der Waals surface area contributed by atoms with Gasteiger partial charge in [-0.25, -0.2) is 5.01 Å². The molecule has 4 heterocycles. The Bertz CT molecular complexity index is 806. The molecule has 1 aromatic heterocycles. The van der Waals surface area contributed by atoms with Crippen molar-refractivity contribution in [3.05, 3.63) is 34.6 Å². The molecule has 0 radical (unpaired) electrons. The Morgan fingerprint density at radius 2 is 2.37 bits per heavy atom. The van der Waals surface area contributed by atoms with Gasteiger partial charge in [0, 0.05) is 4.91 Å². The highest BCUT2D eigenvalue weighted by atomic mass is 32.2. The average Bonchev–Trinajstić information content (AvgIpc) is 3.30. The molecule has 4 rings (SSSR count). The number of ether oxygens (including phenoxy) is 1. The zero-order valence-electron chi connectivity index (χ0n) is 15.3. The van der Waals surface area contributed by atoms with E-state index in [0.29, 0.717) is 18.8 Å². The third kappa shape index (κ3) is 3.53. The Hall–Kier alpha value is -2.13. The van der Waals surface area contributed by atoms with Gasteiger partial charge in [0.05, 0.1) is 30.9 Å². The average molecular weight is 390 g/mol. The van der Waals surface area contributed by atoms with E-state index in [1.807, 2.05) is 0 Å². The van der Waals surface area contributed by atoms with Crippen molar-refractivity contribution < 1.29 is 18.7 Å². The number of carbonyl (C=O) groups is 2. The summed E-state index contributed by atoms with van der Waals surface area (Å²) in [7, 11) is 0. The van der Waals surface area contributed by atoms with Gasteiger partial charge >= 0.3 is 0 Å². The van der Waals surface area contributed by atoms with Crippen LogP contribution in [0.25, 0.3) is 0 Å². The SMILES string of the molecule is CC[C@]1(C)CC2=C(CO1)S[C@@H]1N=NN(CC(=O)NCc3ccco3)C(=O)[C@@H]21. The van der Waals surface area contributed by atoms with E-state index in [-0.39, 0.29) is 41.8 Å². The zero-order valence-corrected chi connectivity index (χ0v) is 16.1. The molecular formula is C18H22N4O4S. The third-order valence-corrected chi connectivity index (χ3v) is 6.55. The molecule has 0 spiro atoms. The van der Waals surface area contributed by atoms with Crippen molar-refractivity contribution in [3.63, 3.8) is 0 Å². The predicted molar refractivity (Wildman–Crippen MR) is 98.3 cm³/mol. The topological polar surface area (TPSA) is 96.5 Å². The highest BCUT2D eigenvalue weighted by molar-refractivity contribution is 8.04. The highest BCUT2D eigenvalue weighted by Crippen LogP contribution is 2.51. The van der Waals surface area contributed by atoms with E-state index in [0.717, 1.165) is 16.9 Å². The molecule has 0 fully saturated rings. The van der Waals surface area contributed by atoms with E-state index < -0.39 is 0 Å². The number of carbonyl (C=O) groups excluding carboxylic acids is 2. The lowest BCUT2D eigenvalue weighted by Gasteiger charge is -2.35. The first-order valence-corrected chi connectivity index (χ1v) is 9.91. The molecule has 0 unspecified atom stereocenters. The van der Waals surface area contributed by atoms with Gasteiger partial charge < -0.3 is 14.5 Å². The molecule has 9 heteroatoms. The fourth-order valence-electron chi connectivity index (χ4n) is 3.47.